The fourth-order valence-corrected chi connectivity index (χ4v) is 3.76. The van der Waals surface area contributed by atoms with Crippen LogP contribution in [0.5, 0.6) is 0 Å². The Morgan fingerprint density at radius 3 is 2.42 bits per heavy atom. The van der Waals surface area contributed by atoms with Crippen LogP contribution >= 0.6 is 11.8 Å². The van der Waals surface area contributed by atoms with E-state index in [9.17, 15) is 4.39 Å². The SMILES string of the molecule is Fc1ccc(CSc2nnc(N3CCOCC3)n2-c2ccccc2)cc1. The summed E-state index contributed by atoms with van der Waals surface area (Å²) in [5.41, 5.74) is 2.08. The molecule has 0 amide bonds. The molecule has 0 spiro atoms. The first-order valence-corrected chi connectivity index (χ1v) is 9.50. The highest BCUT2D eigenvalue weighted by Crippen LogP contribution is 2.29. The van der Waals surface area contributed by atoms with E-state index < -0.39 is 0 Å². The van der Waals surface area contributed by atoms with E-state index in [1.54, 1.807) is 23.9 Å². The third-order valence-corrected chi connectivity index (χ3v) is 5.21. The summed E-state index contributed by atoms with van der Waals surface area (Å²) in [7, 11) is 0. The number of hydrogen-bond donors (Lipinski definition) is 0. The highest BCUT2D eigenvalue weighted by Gasteiger charge is 2.21. The average Bonchev–Trinajstić information content (AvgIpc) is 3.13. The minimum absolute atomic E-state index is 0.221. The molecule has 0 radical (unpaired) electrons. The third-order valence-electron chi connectivity index (χ3n) is 4.21. The summed E-state index contributed by atoms with van der Waals surface area (Å²) in [6.07, 6.45) is 0. The van der Waals surface area contributed by atoms with E-state index in [1.807, 2.05) is 18.2 Å². The van der Waals surface area contributed by atoms with Gasteiger partial charge in [0.05, 0.1) is 18.9 Å². The molecule has 0 bridgehead atoms. The first-order chi connectivity index (χ1) is 12.8. The molecule has 7 heteroatoms. The molecule has 5 nitrogen and oxygen atoms in total. The number of thioether (sulfide) groups is 1. The predicted octanol–water partition coefficient (Wildman–Crippen LogP) is 3.54. The molecule has 0 aliphatic carbocycles. The molecule has 1 aromatic heterocycles. The number of benzene rings is 2. The van der Waals surface area contributed by atoms with Crippen molar-refractivity contribution >= 4 is 17.7 Å². The Balaban J connectivity index is 1.63. The van der Waals surface area contributed by atoms with Crippen molar-refractivity contribution in [2.45, 2.75) is 10.9 Å². The first-order valence-electron chi connectivity index (χ1n) is 8.52. The van der Waals surface area contributed by atoms with Crippen molar-refractivity contribution in [3.05, 3.63) is 66.0 Å². The number of anilines is 1. The molecule has 0 atom stereocenters. The molecule has 26 heavy (non-hydrogen) atoms. The second-order valence-electron chi connectivity index (χ2n) is 5.97. The summed E-state index contributed by atoms with van der Waals surface area (Å²) >= 11 is 1.59. The lowest BCUT2D eigenvalue weighted by atomic mass is 10.2. The van der Waals surface area contributed by atoms with Crippen LogP contribution in [-0.4, -0.2) is 41.1 Å². The number of para-hydroxylation sites is 1. The van der Waals surface area contributed by atoms with Gasteiger partial charge in [-0.25, -0.2) is 4.39 Å². The molecule has 134 valence electrons. The van der Waals surface area contributed by atoms with Gasteiger partial charge < -0.3 is 9.64 Å². The van der Waals surface area contributed by atoms with E-state index in [0.29, 0.717) is 19.0 Å². The van der Waals surface area contributed by atoms with Crippen molar-refractivity contribution < 1.29 is 9.13 Å². The van der Waals surface area contributed by atoms with Crippen LogP contribution in [0.3, 0.4) is 0 Å². The molecule has 4 rings (SSSR count). The van der Waals surface area contributed by atoms with Crippen LogP contribution in [0.4, 0.5) is 10.3 Å². The molecular weight excluding hydrogens is 351 g/mol. The summed E-state index contributed by atoms with van der Waals surface area (Å²) < 4.78 is 20.6. The number of aromatic nitrogens is 3. The molecule has 1 aliphatic heterocycles. The molecule has 2 heterocycles. The number of nitrogens with zero attached hydrogens (tertiary/aromatic N) is 4. The van der Waals surface area contributed by atoms with Gasteiger partial charge in [0, 0.05) is 18.8 Å². The van der Waals surface area contributed by atoms with Crippen LogP contribution < -0.4 is 4.90 Å². The second-order valence-corrected chi connectivity index (χ2v) is 6.91. The Morgan fingerprint density at radius 1 is 0.962 bits per heavy atom. The predicted molar refractivity (Wildman–Crippen MR) is 100 cm³/mol. The molecule has 1 fully saturated rings. The van der Waals surface area contributed by atoms with Crippen molar-refractivity contribution in [1.82, 2.24) is 14.8 Å². The molecule has 0 saturated carbocycles. The smallest absolute Gasteiger partial charge is 0.232 e. The normalized spacial score (nSPS) is 14.6. The largest absolute Gasteiger partial charge is 0.378 e. The third kappa shape index (κ3) is 3.73. The zero-order valence-electron chi connectivity index (χ0n) is 14.2. The van der Waals surface area contributed by atoms with E-state index in [-0.39, 0.29) is 5.82 Å². The van der Waals surface area contributed by atoms with Crippen LogP contribution in [-0.2, 0) is 10.5 Å². The number of ether oxygens (including phenoxy) is 1. The summed E-state index contributed by atoms with van der Waals surface area (Å²) in [5, 5.41) is 9.69. The lowest BCUT2D eigenvalue weighted by molar-refractivity contribution is 0.122. The van der Waals surface area contributed by atoms with E-state index in [2.05, 4.69) is 31.8 Å². The van der Waals surface area contributed by atoms with E-state index in [4.69, 9.17) is 4.74 Å². The Hall–Kier alpha value is -2.38. The number of morpholine rings is 1. The molecular formula is C19H19FN4OS. The quantitative estimate of drug-likeness (QED) is 0.643. The number of halogens is 1. The van der Waals surface area contributed by atoms with Crippen molar-refractivity contribution in [3.8, 4) is 5.69 Å². The van der Waals surface area contributed by atoms with Crippen molar-refractivity contribution in [2.24, 2.45) is 0 Å². The molecule has 3 aromatic rings. The monoisotopic (exact) mass is 370 g/mol. The minimum Gasteiger partial charge on any atom is -0.378 e. The fraction of sp³-hybridized carbons (Fsp3) is 0.263. The van der Waals surface area contributed by atoms with Crippen LogP contribution in [0.1, 0.15) is 5.56 Å². The van der Waals surface area contributed by atoms with Crippen molar-refractivity contribution in [3.63, 3.8) is 0 Å². The zero-order chi connectivity index (χ0) is 17.8. The molecule has 0 unspecified atom stereocenters. The summed E-state index contributed by atoms with van der Waals surface area (Å²) in [6.45, 7) is 2.99. The lowest BCUT2D eigenvalue weighted by Gasteiger charge is -2.27. The van der Waals surface area contributed by atoms with E-state index in [0.717, 1.165) is 35.4 Å². The Morgan fingerprint density at radius 2 is 1.69 bits per heavy atom. The maximum atomic E-state index is 13.1. The Bertz CT molecular complexity index is 848. The highest BCUT2D eigenvalue weighted by molar-refractivity contribution is 7.98. The lowest BCUT2D eigenvalue weighted by Crippen LogP contribution is -2.37. The molecule has 1 aliphatic rings. The van der Waals surface area contributed by atoms with Crippen LogP contribution in [0.15, 0.2) is 59.8 Å². The number of rotatable bonds is 5. The summed E-state index contributed by atoms with van der Waals surface area (Å²) in [5.74, 6) is 1.32. The van der Waals surface area contributed by atoms with Crippen molar-refractivity contribution in [1.29, 1.82) is 0 Å². The van der Waals surface area contributed by atoms with Gasteiger partial charge in [-0.1, -0.05) is 42.1 Å². The van der Waals surface area contributed by atoms with Gasteiger partial charge >= 0.3 is 0 Å². The van der Waals surface area contributed by atoms with Crippen LogP contribution in [0.2, 0.25) is 0 Å². The van der Waals surface area contributed by atoms with Gasteiger partial charge in [-0.3, -0.25) is 4.57 Å². The van der Waals surface area contributed by atoms with Gasteiger partial charge in [-0.2, -0.15) is 0 Å². The fourth-order valence-electron chi connectivity index (χ4n) is 2.86. The van der Waals surface area contributed by atoms with Gasteiger partial charge in [-0.05, 0) is 29.8 Å². The molecule has 1 saturated heterocycles. The van der Waals surface area contributed by atoms with Gasteiger partial charge in [0.1, 0.15) is 5.82 Å². The van der Waals surface area contributed by atoms with Gasteiger partial charge in [0.2, 0.25) is 5.95 Å². The second kappa shape index (κ2) is 7.88. The minimum atomic E-state index is -0.221. The Labute approximate surface area is 155 Å². The van der Waals surface area contributed by atoms with Gasteiger partial charge in [0.15, 0.2) is 5.16 Å². The summed E-state index contributed by atoms with van der Waals surface area (Å²) in [4.78, 5) is 2.20. The Kier molecular flexibility index (Phi) is 5.17. The highest BCUT2D eigenvalue weighted by atomic mass is 32.2. The van der Waals surface area contributed by atoms with Gasteiger partial charge in [-0.15, -0.1) is 10.2 Å². The maximum Gasteiger partial charge on any atom is 0.232 e. The molecule has 0 N–H and O–H groups in total. The summed E-state index contributed by atoms with van der Waals surface area (Å²) in [6, 6.07) is 16.7. The maximum absolute atomic E-state index is 13.1. The zero-order valence-corrected chi connectivity index (χ0v) is 15.0. The van der Waals surface area contributed by atoms with Crippen molar-refractivity contribution in [2.75, 3.05) is 31.2 Å². The molecule has 2 aromatic carbocycles. The average molecular weight is 370 g/mol. The standard InChI is InChI=1S/C19H19FN4OS/c20-16-8-6-15(7-9-16)14-26-19-22-21-18(23-10-12-25-13-11-23)24(19)17-4-2-1-3-5-17/h1-9H,10-14H2. The number of hydrogen-bond acceptors (Lipinski definition) is 5. The van der Waals surface area contributed by atoms with Crippen LogP contribution in [0, 0.1) is 5.82 Å². The van der Waals surface area contributed by atoms with Gasteiger partial charge in [0.25, 0.3) is 0 Å². The topological polar surface area (TPSA) is 43.2 Å². The first kappa shape index (κ1) is 17.1. The van der Waals surface area contributed by atoms with E-state index >= 15 is 0 Å². The van der Waals surface area contributed by atoms with Crippen LogP contribution in [0.25, 0.3) is 5.69 Å². The van der Waals surface area contributed by atoms with E-state index in [1.165, 1.54) is 12.1 Å².